The first-order valence-corrected chi connectivity index (χ1v) is 21.9. The number of H-pyrrole nitrogens is 2. The summed E-state index contributed by atoms with van der Waals surface area (Å²) in [5.41, 5.74) is 6.68. The van der Waals surface area contributed by atoms with Gasteiger partial charge in [-0.15, -0.1) is 0 Å². The minimum Gasteiger partial charge on any atom is -0.389 e. The van der Waals surface area contributed by atoms with Crippen LogP contribution in [-0.4, -0.2) is 49.7 Å². The largest absolute Gasteiger partial charge is 0.389 e. The number of aromatic amines is 2. The van der Waals surface area contributed by atoms with E-state index in [-0.39, 0.29) is 11.1 Å². The van der Waals surface area contributed by atoms with Crippen molar-refractivity contribution in [2.24, 2.45) is 14.1 Å². The standard InChI is InChI=1S/2C24H19Cl2N5O2/c2*1-12(32)14-8-18(25)22(19(26)9-14)30-23-16-5-6-27-24(33)21(16)17-7-13(3-4-20(17)29-23)15-10-28-31(2)11-15/h2*3-12,32H,1-2H3,(H,27,33)(H,29,30)/t2*12-/m10/s1. The van der Waals surface area contributed by atoms with Crippen LogP contribution in [0.4, 0.5) is 23.0 Å². The number of pyridine rings is 4. The van der Waals surface area contributed by atoms with Crippen molar-refractivity contribution in [3.63, 3.8) is 0 Å². The third-order valence-corrected chi connectivity index (χ3v) is 12.3. The van der Waals surface area contributed by atoms with Gasteiger partial charge in [0.25, 0.3) is 11.1 Å². The zero-order valence-electron chi connectivity index (χ0n) is 35.5. The van der Waals surface area contributed by atoms with E-state index in [2.05, 4.69) is 30.8 Å². The third-order valence-electron chi connectivity index (χ3n) is 11.1. The predicted molar refractivity (Wildman–Crippen MR) is 265 cm³/mol. The van der Waals surface area contributed by atoms with E-state index >= 15 is 0 Å². The number of aromatic nitrogens is 8. The third kappa shape index (κ3) is 8.58. The summed E-state index contributed by atoms with van der Waals surface area (Å²) in [4.78, 5) is 40.8. The number of hydrogen-bond acceptors (Lipinski definition) is 10. The van der Waals surface area contributed by atoms with E-state index in [0.29, 0.717) is 86.8 Å². The lowest BCUT2D eigenvalue weighted by Crippen LogP contribution is -2.08. The lowest BCUT2D eigenvalue weighted by molar-refractivity contribution is 0.199. The molecule has 0 saturated carbocycles. The molecule has 0 unspecified atom stereocenters. The number of aliphatic hydroxyl groups is 2. The SMILES string of the molecule is C[C@@H](O)c1cc(Cl)c(Nc2nc3ccc(-c4cnn(C)c4)cc3c3c(=O)[nH]ccc23)c(Cl)c1.C[C@H](O)c1cc(Cl)c(Nc2nc3ccc(-c4cnn(C)c4)cc3c3c(=O)[nH]ccc23)c(Cl)c1. The number of halogens is 4. The van der Waals surface area contributed by atoms with Gasteiger partial charge in [-0.2, -0.15) is 10.2 Å². The molecule has 0 spiro atoms. The van der Waals surface area contributed by atoms with Gasteiger partial charge in [-0.05, 0) is 96.8 Å². The first-order valence-electron chi connectivity index (χ1n) is 20.4. The molecule has 0 bridgehead atoms. The average Bonchev–Trinajstić information content (AvgIpc) is 3.93. The maximum absolute atomic E-state index is 12.9. The fraction of sp³-hybridized carbons (Fsp3) is 0.125. The Hall–Kier alpha value is -6.78. The number of nitrogens with zero attached hydrogens (tertiary/aromatic N) is 6. The smallest absolute Gasteiger partial charge is 0.256 e. The van der Waals surface area contributed by atoms with Crippen LogP contribution in [0.2, 0.25) is 20.1 Å². The molecule has 10 aromatic rings. The lowest BCUT2D eigenvalue weighted by atomic mass is 10.0. The van der Waals surface area contributed by atoms with Crippen molar-refractivity contribution in [2.45, 2.75) is 26.1 Å². The fourth-order valence-electron chi connectivity index (χ4n) is 7.75. The van der Waals surface area contributed by atoms with Gasteiger partial charge >= 0.3 is 0 Å². The average molecular weight is 961 g/mol. The summed E-state index contributed by atoms with van der Waals surface area (Å²) in [6, 6.07) is 21.7. The fourth-order valence-corrected chi connectivity index (χ4v) is 8.95. The number of fused-ring (bicyclic) bond motifs is 6. The first kappa shape index (κ1) is 44.4. The molecular weight excluding hydrogens is 922 g/mol. The molecule has 6 aromatic heterocycles. The Balaban J connectivity index is 0.000000166. The second-order valence-electron chi connectivity index (χ2n) is 15.7. The van der Waals surface area contributed by atoms with Crippen LogP contribution in [0.15, 0.2) is 120 Å². The summed E-state index contributed by atoms with van der Waals surface area (Å²) in [6.07, 6.45) is 9.12. The molecule has 0 saturated heterocycles. The van der Waals surface area contributed by atoms with Gasteiger partial charge < -0.3 is 30.8 Å². The molecule has 2 atom stereocenters. The zero-order chi connectivity index (χ0) is 46.6. The molecule has 0 amide bonds. The molecule has 0 aliphatic carbocycles. The Labute approximate surface area is 395 Å². The number of nitrogens with one attached hydrogen (secondary N) is 4. The molecule has 0 aliphatic heterocycles. The monoisotopic (exact) mass is 958 g/mol. The Morgan fingerprint density at radius 2 is 0.924 bits per heavy atom. The van der Waals surface area contributed by atoms with E-state index in [1.54, 1.807) is 84.4 Å². The Morgan fingerprint density at radius 1 is 0.545 bits per heavy atom. The minimum absolute atomic E-state index is 0.229. The normalized spacial score (nSPS) is 12.4. The number of anilines is 4. The van der Waals surface area contributed by atoms with Crippen LogP contribution in [-0.2, 0) is 14.1 Å². The molecule has 0 aliphatic rings. The van der Waals surface area contributed by atoms with Crippen molar-refractivity contribution < 1.29 is 10.2 Å². The molecule has 0 radical (unpaired) electrons. The van der Waals surface area contributed by atoms with Gasteiger partial charge in [-0.1, -0.05) is 58.5 Å². The Bertz CT molecular complexity index is 3370. The van der Waals surface area contributed by atoms with Crippen LogP contribution in [0, 0.1) is 0 Å². The van der Waals surface area contributed by atoms with Crippen LogP contribution in [0.3, 0.4) is 0 Å². The van der Waals surface area contributed by atoms with Crippen LogP contribution < -0.4 is 21.8 Å². The molecule has 18 heteroatoms. The molecule has 10 rings (SSSR count). The van der Waals surface area contributed by atoms with E-state index in [4.69, 9.17) is 56.4 Å². The maximum Gasteiger partial charge on any atom is 0.256 e. The number of aryl methyl sites for hydroxylation is 2. The van der Waals surface area contributed by atoms with E-state index in [0.717, 1.165) is 33.0 Å². The van der Waals surface area contributed by atoms with Crippen LogP contribution in [0.25, 0.3) is 65.6 Å². The predicted octanol–water partition coefficient (Wildman–Crippen LogP) is 11.2. The second-order valence-corrected chi connectivity index (χ2v) is 17.3. The quantitative estimate of drug-likeness (QED) is 0.0799. The van der Waals surface area contributed by atoms with E-state index in [9.17, 15) is 19.8 Å². The van der Waals surface area contributed by atoms with Crippen molar-refractivity contribution in [2.75, 3.05) is 10.6 Å². The molecule has 4 aromatic carbocycles. The Kier molecular flexibility index (Phi) is 12.0. The summed E-state index contributed by atoms with van der Waals surface area (Å²) < 4.78 is 3.46. The molecule has 6 N–H and O–H groups in total. The van der Waals surface area contributed by atoms with Crippen molar-refractivity contribution in [1.29, 1.82) is 0 Å². The highest BCUT2D eigenvalue weighted by Crippen LogP contribution is 2.40. The van der Waals surface area contributed by atoms with Crippen molar-refractivity contribution in [3.8, 4) is 22.3 Å². The topological polar surface area (TPSA) is 192 Å². The first-order chi connectivity index (χ1) is 31.6. The van der Waals surface area contributed by atoms with Crippen molar-refractivity contribution in [3.05, 3.63) is 162 Å². The summed E-state index contributed by atoms with van der Waals surface area (Å²) >= 11 is 25.8. The number of rotatable bonds is 8. The van der Waals surface area contributed by atoms with Gasteiger partial charge in [0.2, 0.25) is 0 Å². The van der Waals surface area contributed by atoms with Gasteiger partial charge in [0, 0.05) is 71.6 Å². The molecule has 14 nitrogen and oxygen atoms in total. The minimum atomic E-state index is -0.707. The van der Waals surface area contributed by atoms with Gasteiger partial charge in [-0.25, -0.2) is 9.97 Å². The van der Waals surface area contributed by atoms with Crippen molar-refractivity contribution in [1.82, 2.24) is 39.5 Å². The highest BCUT2D eigenvalue weighted by atomic mass is 35.5. The highest BCUT2D eigenvalue weighted by molar-refractivity contribution is 6.40. The summed E-state index contributed by atoms with van der Waals surface area (Å²) in [5.74, 6) is 0.901. The zero-order valence-corrected chi connectivity index (χ0v) is 38.5. The van der Waals surface area contributed by atoms with Gasteiger partial charge in [0.05, 0.1) is 77.9 Å². The molecule has 6 heterocycles. The van der Waals surface area contributed by atoms with E-state index < -0.39 is 12.2 Å². The molecule has 66 heavy (non-hydrogen) atoms. The Morgan fingerprint density at radius 3 is 1.26 bits per heavy atom. The molecule has 332 valence electrons. The van der Waals surface area contributed by atoms with E-state index in [1.165, 1.54) is 0 Å². The number of hydrogen-bond donors (Lipinski definition) is 6. The summed E-state index contributed by atoms with van der Waals surface area (Å²) in [7, 11) is 3.71. The van der Waals surface area contributed by atoms with Gasteiger partial charge in [-0.3, -0.25) is 19.0 Å². The molecular formula is C48H38Cl4N10O4. The highest BCUT2D eigenvalue weighted by Gasteiger charge is 2.19. The second kappa shape index (κ2) is 17.9. The van der Waals surface area contributed by atoms with Crippen LogP contribution >= 0.6 is 46.4 Å². The van der Waals surface area contributed by atoms with Crippen molar-refractivity contribution >= 4 is 113 Å². The van der Waals surface area contributed by atoms with Gasteiger partial charge in [0.1, 0.15) is 11.6 Å². The number of aliphatic hydroxyl groups excluding tert-OH is 2. The number of benzene rings is 4. The van der Waals surface area contributed by atoms with E-state index in [1.807, 2.05) is 62.9 Å². The lowest BCUT2D eigenvalue weighted by Gasteiger charge is -2.15. The molecule has 0 fully saturated rings. The summed E-state index contributed by atoms with van der Waals surface area (Å²) in [5, 5.41) is 39.6. The van der Waals surface area contributed by atoms with Gasteiger partial charge in [0.15, 0.2) is 0 Å². The summed E-state index contributed by atoms with van der Waals surface area (Å²) in [6.45, 7) is 3.28. The van der Waals surface area contributed by atoms with Crippen LogP contribution in [0.1, 0.15) is 37.2 Å². The maximum atomic E-state index is 12.9. The van der Waals surface area contributed by atoms with Crippen LogP contribution in [0.5, 0.6) is 0 Å².